The van der Waals surface area contributed by atoms with Crippen LogP contribution >= 0.6 is 0 Å². The van der Waals surface area contributed by atoms with E-state index < -0.39 is 0 Å². The van der Waals surface area contributed by atoms with Gasteiger partial charge in [0.2, 0.25) is 0 Å². The Balaban J connectivity index is 2.39. The van der Waals surface area contributed by atoms with Crippen molar-refractivity contribution in [3.05, 3.63) is 69.5 Å². The number of rotatable bonds is 3. The summed E-state index contributed by atoms with van der Waals surface area (Å²) in [6, 6.07) is 8.34. The Hall–Kier alpha value is -1.96. The highest BCUT2D eigenvalue weighted by atomic mass is 19.1. The third-order valence-corrected chi connectivity index (χ3v) is 3.90. The lowest BCUT2D eigenvalue weighted by molar-refractivity contribution is 0.0991. The molecule has 0 saturated heterocycles. The van der Waals surface area contributed by atoms with Crippen LogP contribution < -0.4 is 0 Å². The first-order chi connectivity index (χ1) is 9.40. The van der Waals surface area contributed by atoms with E-state index in [2.05, 4.69) is 6.07 Å². The Kier molecular flexibility index (Phi) is 4.03. The number of Topliss-reactive ketones (excluding diaryl/α,β-unsaturated/α-hetero) is 1. The van der Waals surface area contributed by atoms with E-state index in [-0.39, 0.29) is 18.0 Å². The molecular formula is C18H19FO. The molecule has 0 radical (unpaired) electrons. The second-order valence-corrected chi connectivity index (χ2v) is 5.37. The molecule has 0 heterocycles. The lowest BCUT2D eigenvalue weighted by Gasteiger charge is -2.14. The maximum absolute atomic E-state index is 13.2. The molecule has 0 aliphatic carbocycles. The molecular weight excluding hydrogens is 251 g/mol. The van der Waals surface area contributed by atoms with Crippen LogP contribution in [-0.2, 0) is 6.42 Å². The zero-order valence-corrected chi connectivity index (χ0v) is 12.4. The van der Waals surface area contributed by atoms with Crippen LogP contribution in [0.3, 0.4) is 0 Å². The summed E-state index contributed by atoms with van der Waals surface area (Å²) in [5.41, 5.74) is 5.79. The van der Waals surface area contributed by atoms with Crippen molar-refractivity contribution >= 4 is 5.78 Å². The van der Waals surface area contributed by atoms with Crippen LogP contribution in [0.5, 0.6) is 0 Å². The van der Waals surface area contributed by atoms with E-state index in [1.807, 2.05) is 27.7 Å². The second-order valence-electron chi connectivity index (χ2n) is 5.37. The summed E-state index contributed by atoms with van der Waals surface area (Å²) in [7, 11) is 0. The quantitative estimate of drug-likeness (QED) is 0.751. The van der Waals surface area contributed by atoms with Gasteiger partial charge in [0.25, 0.3) is 0 Å². The van der Waals surface area contributed by atoms with Crippen LogP contribution in [0.1, 0.15) is 38.2 Å². The van der Waals surface area contributed by atoms with E-state index in [4.69, 9.17) is 0 Å². The summed E-state index contributed by atoms with van der Waals surface area (Å²) in [4.78, 5) is 12.5. The smallest absolute Gasteiger partial charge is 0.167 e. The lowest BCUT2D eigenvalue weighted by atomic mass is 9.89. The van der Waals surface area contributed by atoms with Crippen LogP contribution in [-0.4, -0.2) is 5.78 Å². The van der Waals surface area contributed by atoms with Gasteiger partial charge in [-0.05, 0) is 67.6 Å². The van der Waals surface area contributed by atoms with Crippen LogP contribution in [0.2, 0.25) is 0 Å². The average Bonchev–Trinajstić information content (AvgIpc) is 2.36. The molecule has 20 heavy (non-hydrogen) atoms. The standard InChI is InChI=1S/C18H19FO/c1-11-8-12(2)14(4)18(13(11)3)17(20)10-15-6-5-7-16(19)9-15/h5-9H,10H2,1-4H3. The van der Waals surface area contributed by atoms with Gasteiger partial charge in [-0.2, -0.15) is 0 Å². The van der Waals surface area contributed by atoms with Gasteiger partial charge in [0.05, 0.1) is 0 Å². The molecule has 0 unspecified atom stereocenters. The molecule has 0 amide bonds. The van der Waals surface area contributed by atoms with Crippen molar-refractivity contribution in [1.29, 1.82) is 0 Å². The molecule has 0 N–H and O–H groups in total. The summed E-state index contributed by atoms with van der Waals surface area (Å²) >= 11 is 0. The number of benzene rings is 2. The summed E-state index contributed by atoms with van der Waals surface area (Å²) in [5.74, 6) is -0.249. The SMILES string of the molecule is Cc1cc(C)c(C)c(C(=O)Cc2cccc(F)c2)c1C. The first-order valence-electron chi connectivity index (χ1n) is 6.75. The zero-order chi connectivity index (χ0) is 14.9. The molecule has 0 fully saturated rings. The Morgan fingerprint density at radius 3 is 2.15 bits per heavy atom. The highest BCUT2D eigenvalue weighted by Crippen LogP contribution is 2.23. The molecule has 0 spiro atoms. The lowest BCUT2D eigenvalue weighted by Crippen LogP contribution is -2.10. The van der Waals surface area contributed by atoms with Gasteiger partial charge < -0.3 is 0 Å². The van der Waals surface area contributed by atoms with Crippen molar-refractivity contribution in [3.8, 4) is 0 Å². The third kappa shape index (κ3) is 2.79. The Bertz CT molecular complexity index is 645. The fourth-order valence-electron chi connectivity index (χ4n) is 2.56. The van der Waals surface area contributed by atoms with Gasteiger partial charge in [-0.15, -0.1) is 0 Å². The van der Waals surface area contributed by atoms with E-state index in [1.165, 1.54) is 12.1 Å². The summed E-state index contributed by atoms with van der Waals surface area (Å²) in [6.07, 6.45) is 0.238. The third-order valence-electron chi connectivity index (χ3n) is 3.90. The summed E-state index contributed by atoms with van der Waals surface area (Å²) in [6.45, 7) is 7.97. The number of hydrogen-bond acceptors (Lipinski definition) is 1. The van der Waals surface area contributed by atoms with Crippen LogP contribution in [0.4, 0.5) is 4.39 Å². The number of ketones is 1. The first kappa shape index (κ1) is 14.4. The Morgan fingerprint density at radius 2 is 1.60 bits per heavy atom. The monoisotopic (exact) mass is 270 g/mol. The molecule has 2 aromatic carbocycles. The van der Waals surface area contributed by atoms with Gasteiger partial charge in [0.15, 0.2) is 5.78 Å². The molecule has 0 saturated carbocycles. The molecule has 0 atom stereocenters. The average molecular weight is 270 g/mol. The van der Waals surface area contributed by atoms with Gasteiger partial charge >= 0.3 is 0 Å². The summed E-state index contributed by atoms with van der Waals surface area (Å²) in [5, 5.41) is 0. The summed E-state index contributed by atoms with van der Waals surface area (Å²) < 4.78 is 13.2. The van der Waals surface area contributed by atoms with Crippen molar-refractivity contribution in [2.45, 2.75) is 34.1 Å². The molecule has 2 rings (SSSR count). The minimum absolute atomic E-state index is 0.0531. The van der Waals surface area contributed by atoms with Crippen molar-refractivity contribution in [2.75, 3.05) is 0 Å². The number of aryl methyl sites for hydroxylation is 2. The van der Waals surface area contributed by atoms with Gasteiger partial charge in [-0.3, -0.25) is 4.79 Å². The highest BCUT2D eigenvalue weighted by molar-refractivity contribution is 6.00. The van der Waals surface area contributed by atoms with Gasteiger partial charge in [0.1, 0.15) is 5.82 Å². The second kappa shape index (κ2) is 5.58. The normalized spacial score (nSPS) is 10.7. The van der Waals surface area contributed by atoms with E-state index in [0.717, 1.165) is 27.8 Å². The van der Waals surface area contributed by atoms with Crippen molar-refractivity contribution in [1.82, 2.24) is 0 Å². The van der Waals surface area contributed by atoms with E-state index >= 15 is 0 Å². The maximum atomic E-state index is 13.2. The Morgan fingerprint density at radius 1 is 1.00 bits per heavy atom. The van der Waals surface area contributed by atoms with Gasteiger partial charge in [-0.25, -0.2) is 4.39 Å². The number of carbonyl (C=O) groups is 1. The molecule has 0 aliphatic heterocycles. The molecule has 1 nitrogen and oxygen atoms in total. The van der Waals surface area contributed by atoms with Gasteiger partial charge in [0, 0.05) is 12.0 Å². The fourth-order valence-corrected chi connectivity index (χ4v) is 2.56. The maximum Gasteiger partial charge on any atom is 0.167 e. The first-order valence-corrected chi connectivity index (χ1v) is 6.75. The van der Waals surface area contributed by atoms with Crippen LogP contribution in [0.15, 0.2) is 30.3 Å². The largest absolute Gasteiger partial charge is 0.294 e. The van der Waals surface area contributed by atoms with Gasteiger partial charge in [-0.1, -0.05) is 18.2 Å². The minimum Gasteiger partial charge on any atom is -0.294 e. The highest BCUT2D eigenvalue weighted by Gasteiger charge is 2.16. The zero-order valence-electron chi connectivity index (χ0n) is 12.4. The molecule has 0 bridgehead atoms. The molecule has 104 valence electrons. The molecule has 2 aromatic rings. The number of hydrogen-bond donors (Lipinski definition) is 0. The van der Waals surface area contributed by atoms with Crippen molar-refractivity contribution < 1.29 is 9.18 Å². The van der Waals surface area contributed by atoms with E-state index in [9.17, 15) is 9.18 Å². The van der Waals surface area contributed by atoms with Crippen molar-refractivity contribution in [3.63, 3.8) is 0 Å². The predicted molar refractivity (Wildman–Crippen MR) is 79.8 cm³/mol. The van der Waals surface area contributed by atoms with Crippen LogP contribution in [0.25, 0.3) is 0 Å². The van der Waals surface area contributed by atoms with Crippen LogP contribution in [0, 0.1) is 33.5 Å². The Labute approximate surface area is 119 Å². The fraction of sp³-hybridized carbons (Fsp3) is 0.278. The number of carbonyl (C=O) groups excluding carboxylic acids is 1. The molecule has 2 heteroatoms. The van der Waals surface area contributed by atoms with E-state index in [0.29, 0.717) is 5.56 Å². The topological polar surface area (TPSA) is 17.1 Å². The predicted octanol–water partition coefficient (Wildman–Crippen LogP) is 4.48. The number of halogens is 1. The molecule has 0 aromatic heterocycles. The molecule has 0 aliphatic rings. The minimum atomic E-state index is -0.302. The van der Waals surface area contributed by atoms with E-state index in [1.54, 1.807) is 12.1 Å². The van der Waals surface area contributed by atoms with Crippen molar-refractivity contribution in [2.24, 2.45) is 0 Å².